The number of carbonyl (C=O) groups is 3. The number of ether oxygens (including phenoxy) is 1. The van der Waals surface area contributed by atoms with Crippen LogP contribution in [-0.2, 0) is 14.3 Å². The number of hydrogen-bond donors (Lipinski definition) is 1. The number of amides is 2. The van der Waals surface area contributed by atoms with Gasteiger partial charge in [0.05, 0.1) is 11.3 Å². The zero-order valence-corrected chi connectivity index (χ0v) is 12.2. The summed E-state index contributed by atoms with van der Waals surface area (Å²) in [6.07, 6.45) is 3.25. The second-order valence-electron chi connectivity index (χ2n) is 5.58. The third-order valence-corrected chi connectivity index (χ3v) is 3.76. The van der Waals surface area contributed by atoms with Gasteiger partial charge in [-0.15, -0.1) is 0 Å². The molecule has 0 spiro atoms. The first kappa shape index (κ1) is 14.6. The van der Waals surface area contributed by atoms with Crippen molar-refractivity contribution >= 4 is 23.5 Å². The largest absolute Gasteiger partial charge is 0.452 e. The molecule has 3 rings (SSSR count). The van der Waals surface area contributed by atoms with Crippen molar-refractivity contribution < 1.29 is 19.1 Å². The van der Waals surface area contributed by atoms with Crippen LogP contribution >= 0.6 is 0 Å². The first-order valence-corrected chi connectivity index (χ1v) is 7.51. The molecule has 1 aromatic carbocycles. The van der Waals surface area contributed by atoms with Crippen molar-refractivity contribution in [2.75, 3.05) is 18.1 Å². The zero-order valence-electron chi connectivity index (χ0n) is 12.2. The van der Waals surface area contributed by atoms with Gasteiger partial charge in [-0.25, -0.2) is 4.79 Å². The SMILES string of the molecule is O=C(COC(=O)c1ccccc1N1CCCC1=O)NC1CC1. The van der Waals surface area contributed by atoms with E-state index in [0.717, 1.165) is 19.3 Å². The third-order valence-electron chi connectivity index (χ3n) is 3.76. The summed E-state index contributed by atoms with van der Waals surface area (Å²) in [5.74, 6) is -0.862. The minimum absolute atomic E-state index is 0.00623. The van der Waals surface area contributed by atoms with Gasteiger partial charge in [0.2, 0.25) is 5.91 Å². The fraction of sp³-hybridized carbons (Fsp3) is 0.438. The number of hydrogen-bond acceptors (Lipinski definition) is 4. The van der Waals surface area contributed by atoms with E-state index < -0.39 is 5.97 Å². The number of esters is 1. The van der Waals surface area contributed by atoms with Crippen molar-refractivity contribution in [1.29, 1.82) is 0 Å². The highest BCUT2D eigenvalue weighted by Crippen LogP contribution is 2.26. The molecule has 1 heterocycles. The van der Waals surface area contributed by atoms with Gasteiger partial charge < -0.3 is 15.0 Å². The average molecular weight is 302 g/mol. The van der Waals surface area contributed by atoms with Crippen LogP contribution in [-0.4, -0.2) is 37.0 Å². The number of benzene rings is 1. The van der Waals surface area contributed by atoms with Gasteiger partial charge in [-0.2, -0.15) is 0 Å². The predicted octanol–water partition coefficient (Wildman–Crippen LogP) is 1.25. The summed E-state index contributed by atoms with van der Waals surface area (Å²) < 4.78 is 5.07. The Labute approximate surface area is 128 Å². The second-order valence-corrected chi connectivity index (χ2v) is 5.58. The lowest BCUT2D eigenvalue weighted by molar-refractivity contribution is -0.124. The molecule has 0 bridgehead atoms. The van der Waals surface area contributed by atoms with E-state index in [-0.39, 0.29) is 24.5 Å². The maximum Gasteiger partial charge on any atom is 0.340 e. The van der Waals surface area contributed by atoms with Crippen molar-refractivity contribution in [1.82, 2.24) is 5.32 Å². The summed E-state index contributed by atoms with van der Waals surface area (Å²) >= 11 is 0. The van der Waals surface area contributed by atoms with Crippen molar-refractivity contribution in [3.63, 3.8) is 0 Å². The highest BCUT2D eigenvalue weighted by molar-refractivity contribution is 6.03. The highest BCUT2D eigenvalue weighted by atomic mass is 16.5. The smallest absolute Gasteiger partial charge is 0.340 e. The van der Waals surface area contributed by atoms with Gasteiger partial charge in [0.1, 0.15) is 0 Å². The Balaban J connectivity index is 1.66. The van der Waals surface area contributed by atoms with Crippen molar-refractivity contribution in [3.05, 3.63) is 29.8 Å². The molecule has 1 saturated carbocycles. The van der Waals surface area contributed by atoms with E-state index in [4.69, 9.17) is 4.74 Å². The molecule has 116 valence electrons. The number of nitrogens with one attached hydrogen (secondary N) is 1. The second kappa shape index (κ2) is 6.17. The summed E-state index contributed by atoms with van der Waals surface area (Å²) in [7, 11) is 0. The van der Waals surface area contributed by atoms with Crippen LogP contribution < -0.4 is 10.2 Å². The van der Waals surface area contributed by atoms with Crippen LogP contribution in [0.3, 0.4) is 0 Å². The Hall–Kier alpha value is -2.37. The van der Waals surface area contributed by atoms with E-state index in [1.165, 1.54) is 0 Å². The minimum atomic E-state index is -0.582. The Morgan fingerprint density at radius 2 is 2.05 bits per heavy atom. The van der Waals surface area contributed by atoms with Gasteiger partial charge in [-0.05, 0) is 31.4 Å². The maximum absolute atomic E-state index is 12.2. The van der Waals surface area contributed by atoms with Crippen molar-refractivity contribution in [2.45, 2.75) is 31.7 Å². The molecule has 0 atom stereocenters. The summed E-state index contributed by atoms with van der Waals surface area (Å²) in [4.78, 5) is 37.2. The Morgan fingerprint density at radius 1 is 1.27 bits per heavy atom. The van der Waals surface area contributed by atoms with Gasteiger partial charge in [-0.1, -0.05) is 12.1 Å². The number of rotatable bonds is 5. The maximum atomic E-state index is 12.2. The van der Waals surface area contributed by atoms with Crippen molar-refractivity contribution in [2.24, 2.45) is 0 Å². The number of carbonyl (C=O) groups excluding carboxylic acids is 3. The first-order chi connectivity index (χ1) is 10.6. The predicted molar refractivity (Wildman–Crippen MR) is 79.5 cm³/mol. The molecule has 1 aromatic rings. The lowest BCUT2D eigenvalue weighted by Crippen LogP contribution is -2.31. The van der Waals surface area contributed by atoms with E-state index in [1.54, 1.807) is 29.2 Å². The molecule has 6 nitrogen and oxygen atoms in total. The van der Waals surface area contributed by atoms with E-state index >= 15 is 0 Å². The standard InChI is InChI=1S/C16H18N2O4/c19-14(17-11-7-8-11)10-22-16(21)12-4-1-2-5-13(12)18-9-3-6-15(18)20/h1-2,4-5,11H,3,6-10H2,(H,17,19). The molecule has 1 aliphatic heterocycles. The summed E-state index contributed by atoms with van der Waals surface area (Å²) in [6, 6.07) is 7.06. The fourth-order valence-corrected chi connectivity index (χ4v) is 2.49. The van der Waals surface area contributed by atoms with E-state index in [2.05, 4.69) is 5.32 Å². The number of nitrogens with zero attached hydrogens (tertiary/aromatic N) is 1. The summed E-state index contributed by atoms with van der Waals surface area (Å²) in [6.45, 7) is 0.308. The van der Waals surface area contributed by atoms with E-state index in [1.807, 2.05) is 0 Å². The molecule has 2 amide bonds. The Bertz CT molecular complexity index is 610. The molecule has 1 aliphatic carbocycles. The van der Waals surface area contributed by atoms with Gasteiger partial charge >= 0.3 is 5.97 Å². The highest BCUT2D eigenvalue weighted by Gasteiger charge is 2.27. The quantitative estimate of drug-likeness (QED) is 0.831. The molecule has 2 aliphatic rings. The molecule has 0 radical (unpaired) electrons. The molecule has 1 saturated heterocycles. The van der Waals surface area contributed by atoms with Gasteiger partial charge in [0.15, 0.2) is 6.61 Å². The average Bonchev–Trinajstić information content (AvgIpc) is 3.23. The number of anilines is 1. The molecular formula is C16H18N2O4. The van der Waals surface area contributed by atoms with Crippen LogP contribution in [0.2, 0.25) is 0 Å². The van der Waals surface area contributed by atoms with E-state index in [0.29, 0.717) is 24.2 Å². The summed E-state index contributed by atoms with van der Waals surface area (Å²) in [5, 5.41) is 2.76. The normalized spacial score (nSPS) is 17.5. The van der Waals surface area contributed by atoms with E-state index in [9.17, 15) is 14.4 Å². The minimum Gasteiger partial charge on any atom is -0.452 e. The zero-order chi connectivity index (χ0) is 15.5. The number of para-hydroxylation sites is 1. The van der Waals surface area contributed by atoms with Crippen LogP contribution in [0.5, 0.6) is 0 Å². The molecule has 0 unspecified atom stereocenters. The first-order valence-electron chi connectivity index (χ1n) is 7.51. The van der Waals surface area contributed by atoms with Gasteiger partial charge in [-0.3, -0.25) is 9.59 Å². The fourth-order valence-electron chi connectivity index (χ4n) is 2.49. The lowest BCUT2D eigenvalue weighted by atomic mass is 10.1. The third kappa shape index (κ3) is 3.27. The molecule has 2 fully saturated rings. The van der Waals surface area contributed by atoms with Crippen LogP contribution in [0.4, 0.5) is 5.69 Å². The molecule has 1 N–H and O–H groups in total. The summed E-state index contributed by atoms with van der Waals surface area (Å²) in [5.41, 5.74) is 0.870. The monoisotopic (exact) mass is 302 g/mol. The lowest BCUT2D eigenvalue weighted by Gasteiger charge is -2.18. The van der Waals surface area contributed by atoms with Crippen LogP contribution in [0.25, 0.3) is 0 Å². The molecule has 6 heteroatoms. The van der Waals surface area contributed by atoms with Gasteiger partial charge in [0, 0.05) is 19.0 Å². The van der Waals surface area contributed by atoms with Crippen molar-refractivity contribution in [3.8, 4) is 0 Å². The Morgan fingerprint density at radius 3 is 2.73 bits per heavy atom. The molecular weight excluding hydrogens is 284 g/mol. The molecule has 0 aromatic heterocycles. The topological polar surface area (TPSA) is 75.7 Å². The molecule has 22 heavy (non-hydrogen) atoms. The van der Waals surface area contributed by atoms with Gasteiger partial charge in [0.25, 0.3) is 5.91 Å². The van der Waals surface area contributed by atoms with Crippen LogP contribution in [0.1, 0.15) is 36.0 Å². The Kier molecular flexibility index (Phi) is 4.09. The van der Waals surface area contributed by atoms with Crippen LogP contribution in [0, 0.1) is 0 Å². The van der Waals surface area contributed by atoms with Crippen LogP contribution in [0.15, 0.2) is 24.3 Å².